The SMILES string of the molecule is CN(N=C[C@@H]1[C@@H](CCc2ccc(C(=O)O)cc2)[C@H]2CC[C@@H]1O2)C(=O)C1CCCCC1. The van der Waals surface area contributed by atoms with Crippen LogP contribution in [-0.4, -0.2) is 47.5 Å². The van der Waals surface area contributed by atoms with E-state index in [1.807, 2.05) is 18.3 Å². The fourth-order valence-corrected chi connectivity index (χ4v) is 5.39. The molecular formula is C24H32N2O4. The fraction of sp³-hybridized carbons (Fsp3) is 0.625. The van der Waals surface area contributed by atoms with Gasteiger partial charge in [0.2, 0.25) is 5.91 Å². The summed E-state index contributed by atoms with van der Waals surface area (Å²) in [5.74, 6) is 0.00606. The molecule has 0 radical (unpaired) electrons. The number of hydrogen-bond acceptors (Lipinski definition) is 4. The summed E-state index contributed by atoms with van der Waals surface area (Å²) in [6.07, 6.45) is 11.9. The summed E-state index contributed by atoms with van der Waals surface area (Å²) in [7, 11) is 1.78. The van der Waals surface area contributed by atoms with Gasteiger partial charge in [-0.05, 0) is 62.1 Å². The molecule has 2 bridgehead atoms. The molecule has 6 heteroatoms. The maximum Gasteiger partial charge on any atom is 0.335 e. The third-order valence-corrected chi connectivity index (χ3v) is 7.14. The Morgan fingerprint density at radius 3 is 2.50 bits per heavy atom. The van der Waals surface area contributed by atoms with Gasteiger partial charge in [-0.1, -0.05) is 31.4 Å². The molecule has 1 aromatic carbocycles. The lowest BCUT2D eigenvalue weighted by atomic mass is 9.77. The van der Waals surface area contributed by atoms with E-state index >= 15 is 0 Å². The zero-order valence-corrected chi connectivity index (χ0v) is 17.7. The number of carboxylic acid groups (broad SMARTS) is 1. The number of hydrogen-bond donors (Lipinski definition) is 1. The molecule has 1 amide bonds. The van der Waals surface area contributed by atoms with Gasteiger partial charge in [0, 0.05) is 25.1 Å². The van der Waals surface area contributed by atoms with Crippen LogP contribution in [-0.2, 0) is 16.0 Å². The van der Waals surface area contributed by atoms with Crippen molar-refractivity contribution in [3.63, 3.8) is 0 Å². The molecule has 0 spiro atoms. The van der Waals surface area contributed by atoms with Gasteiger partial charge in [0.25, 0.3) is 0 Å². The summed E-state index contributed by atoms with van der Waals surface area (Å²) < 4.78 is 6.17. The minimum absolute atomic E-state index is 0.127. The Kier molecular flexibility index (Phi) is 6.52. The first-order chi connectivity index (χ1) is 14.5. The van der Waals surface area contributed by atoms with E-state index in [2.05, 4.69) is 5.10 Å². The van der Waals surface area contributed by atoms with Gasteiger partial charge >= 0.3 is 5.97 Å². The van der Waals surface area contributed by atoms with Crippen LogP contribution >= 0.6 is 0 Å². The molecule has 1 aromatic rings. The molecule has 3 aliphatic rings. The maximum absolute atomic E-state index is 12.7. The predicted octanol–water partition coefficient (Wildman–Crippen LogP) is 4.14. The van der Waals surface area contributed by atoms with E-state index in [4.69, 9.17) is 9.84 Å². The van der Waals surface area contributed by atoms with Gasteiger partial charge in [-0.2, -0.15) is 5.10 Å². The summed E-state index contributed by atoms with van der Waals surface area (Å²) in [5, 5.41) is 15.1. The van der Waals surface area contributed by atoms with Crippen LogP contribution in [0.4, 0.5) is 0 Å². The molecule has 30 heavy (non-hydrogen) atoms. The highest BCUT2D eigenvalue weighted by Crippen LogP contribution is 2.44. The molecule has 4 atom stereocenters. The Balaban J connectivity index is 1.36. The van der Waals surface area contributed by atoms with Crippen molar-refractivity contribution in [1.29, 1.82) is 0 Å². The number of aromatic carboxylic acids is 1. The van der Waals surface area contributed by atoms with Crippen molar-refractivity contribution in [2.24, 2.45) is 22.9 Å². The van der Waals surface area contributed by atoms with Crippen molar-refractivity contribution in [1.82, 2.24) is 5.01 Å². The average Bonchev–Trinajstić information content (AvgIpc) is 3.38. The normalized spacial score (nSPS) is 28.8. The third kappa shape index (κ3) is 4.59. The Bertz CT molecular complexity index is 785. The molecule has 2 aliphatic heterocycles. The smallest absolute Gasteiger partial charge is 0.335 e. The zero-order chi connectivity index (χ0) is 21.1. The molecule has 3 fully saturated rings. The summed E-state index contributed by atoms with van der Waals surface area (Å²) >= 11 is 0. The average molecular weight is 413 g/mol. The molecule has 2 heterocycles. The van der Waals surface area contributed by atoms with E-state index < -0.39 is 5.97 Å². The van der Waals surface area contributed by atoms with Crippen LogP contribution in [0.15, 0.2) is 29.4 Å². The third-order valence-electron chi connectivity index (χ3n) is 7.14. The summed E-state index contributed by atoms with van der Waals surface area (Å²) in [6, 6.07) is 7.13. The number of benzene rings is 1. The van der Waals surface area contributed by atoms with E-state index in [1.54, 1.807) is 24.2 Å². The second-order valence-corrected chi connectivity index (χ2v) is 9.03. The van der Waals surface area contributed by atoms with Crippen LogP contribution in [0.3, 0.4) is 0 Å². The van der Waals surface area contributed by atoms with Gasteiger partial charge in [-0.25, -0.2) is 9.80 Å². The number of aryl methyl sites for hydroxylation is 1. The second-order valence-electron chi connectivity index (χ2n) is 9.03. The lowest BCUT2D eigenvalue weighted by Crippen LogP contribution is -2.33. The number of amides is 1. The van der Waals surface area contributed by atoms with E-state index in [0.29, 0.717) is 11.5 Å². The van der Waals surface area contributed by atoms with Crippen LogP contribution in [0.5, 0.6) is 0 Å². The topological polar surface area (TPSA) is 79.2 Å². The number of fused-ring (bicyclic) bond motifs is 2. The van der Waals surface area contributed by atoms with Crippen LogP contribution in [0.2, 0.25) is 0 Å². The van der Waals surface area contributed by atoms with Crippen molar-refractivity contribution >= 4 is 18.1 Å². The van der Waals surface area contributed by atoms with Gasteiger partial charge in [-0.15, -0.1) is 0 Å². The van der Waals surface area contributed by atoms with E-state index in [1.165, 1.54) is 6.42 Å². The van der Waals surface area contributed by atoms with Gasteiger partial charge in [-0.3, -0.25) is 4.79 Å². The molecule has 162 valence electrons. The van der Waals surface area contributed by atoms with E-state index in [9.17, 15) is 9.59 Å². The lowest BCUT2D eigenvalue weighted by Gasteiger charge is -2.26. The molecular weight excluding hydrogens is 380 g/mol. The molecule has 1 aliphatic carbocycles. The summed E-state index contributed by atoms with van der Waals surface area (Å²) in [4.78, 5) is 23.7. The van der Waals surface area contributed by atoms with Gasteiger partial charge in [0.05, 0.1) is 17.8 Å². The lowest BCUT2D eigenvalue weighted by molar-refractivity contribution is -0.135. The fourth-order valence-electron chi connectivity index (χ4n) is 5.39. The number of carbonyl (C=O) groups excluding carboxylic acids is 1. The number of rotatable bonds is 7. The van der Waals surface area contributed by atoms with E-state index in [0.717, 1.165) is 56.9 Å². The van der Waals surface area contributed by atoms with Crippen molar-refractivity contribution in [3.05, 3.63) is 35.4 Å². The molecule has 1 N–H and O–H groups in total. The first-order valence-electron chi connectivity index (χ1n) is 11.3. The van der Waals surface area contributed by atoms with Crippen LogP contribution in [0, 0.1) is 17.8 Å². The maximum atomic E-state index is 12.7. The molecule has 4 rings (SSSR count). The Hall–Kier alpha value is -2.21. The minimum atomic E-state index is -0.897. The number of ether oxygens (including phenoxy) is 1. The highest BCUT2D eigenvalue weighted by atomic mass is 16.5. The van der Waals surface area contributed by atoms with Gasteiger partial charge in [0.1, 0.15) is 0 Å². The standard InChI is InChI=1S/C24H32N2O4/c1-26(23(27)17-5-3-2-4-6-17)25-15-20-19(21-13-14-22(20)30-21)12-9-16-7-10-18(11-8-16)24(28)29/h7-8,10-11,15,17,19-22H,2-6,9,12-14H2,1H3,(H,28,29)/t19-,20-,21-,22+/m1/s1. The van der Waals surface area contributed by atoms with Gasteiger partial charge < -0.3 is 9.84 Å². The van der Waals surface area contributed by atoms with Gasteiger partial charge in [0.15, 0.2) is 0 Å². The predicted molar refractivity (Wildman–Crippen MR) is 114 cm³/mol. The van der Waals surface area contributed by atoms with E-state index in [-0.39, 0.29) is 30.0 Å². The summed E-state index contributed by atoms with van der Waals surface area (Å²) in [5.41, 5.74) is 1.46. The molecule has 0 unspecified atom stereocenters. The molecule has 1 saturated carbocycles. The van der Waals surface area contributed by atoms with Crippen molar-refractivity contribution < 1.29 is 19.4 Å². The number of nitrogens with zero attached hydrogens (tertiary/aromatic N) is 2. The van der Waals surface area contributed by atoms with Crippen LogP contribution < -0.4 is 0 Å². The Labute approximate surface area is 178 Å². The first kappa shape index (κ1) is 21.0. The molecule has 6 nitrogen and oxygen atoms in total. The molecule has 2 saturated heterocycles. The van der Waals surface area contributed by atoms with Crippen molar-refractivity contribution in [2.75, 3.05) is 7.05 Å². The van der Waals surface area contributed by atoms with Crippen molar-refractivity contribution in [2.45, 2.75) is 70.0 Å². The monoisotopic (exact) mass is 412 g/mol. The molecule has 0 aromatic heterocycles. The first-order valence-corrected chi connectivity index (χ1v) is 11.3. The zero-order valence-electron chi connectivity index (χ0n) is 17.7. The number of carboxylic acids is 1. The van der Waals surface area contributed by atoms with Crippen LogP contribution in [0.25, 0.3) is 0 Å². The largest absolute Gasteiger partial charge is 0.478 e. The summed E-state index contributed by atoms with van der Waals surface area (Å²) in [6.45, 7) is 0. The number of carbonyl (C=O) groups is 2. The minimum Gasteiger partial charge on any atom is -0.478 e. The van der Waals surface area contributed by atoms with Crippen LogP contribution in [0.1, 0.15) is 67.3 Å². The number of hydrazone groups is 1. The second kappa shape index (κ2) is 9.29. The highest BCUT2D eigenvalue weighted by molar-refractivity contribution is 5.87. The van der Waals surface area contributed by atoms with Crippen molar-refractivity contribution in [3.8, 4) is 0 Å². The Morgan fingerprint density at radius 2 is 1.80 bits per heavy atom. The Morgan fingerprint density at radius 1 is 1.10 bits per heavy atom. The quantitative estimate of drug-likeness (QED) is 0.539. The highest BCUT2D eigenvalue weighted by Gasteiger charge is 2.47.